The Labute approximate surface area is 86.0 Å². The van der Waals surface area contributed by atoms with Gasteiger partial charge in [-0.05, 0) is 33.0 Å². The number of rotatable bonds is 5. The zero-order valence-corrected chi connectivity index (χ0v) is 9.18. The Hall–Kier alpha value is -0.610. The molecule has 4 heteroatoms. The molecule has 1 amide bonds. The molecule has 1 atom stereocenters. The highest BCUT2D eigenvalue weighted by Gasteiger charge is 2.20. The van der Waals surface area contributed by atoms with Crippen molar-refractivity contribution in [2.45, 2.75) is 25.8 Å². The minimum absolute atomic E-state index is 0.104. The summed E-state index contributed by atoms with van der Waals surface area (Å²) < 4.78 is 0. The number of carbonyl (C=O) groups is 1. The summed E-state index contributed by atoms with van der Waals surface area (Å²) in [6.07, 6.45) is 2.46. The quantitative estimate of drug-likeness (QED) is 0.645. The number of hydrogen-bond acceptors (Lipinski definition) is 3. The summed E-state index contributed by atoms with van der Waals surface area (Å²) in [5.74, 6) is 0.104. The third-order valence-electron chi connectivity index (χ3n) is 2.74. The third-order valence-corrected chi connectivity index (χ3v) is 2.74. The van der Waals surface area contributed by atoms with Crippen molar-refractivity contribution in [3.8, 4) is 0 Å². The second-order valence-corrected chi connectivity index (χ2v) is 3.86. The molecular formula is C10H21N3O. The fourth-order valence-corrected chi connectivity index (χ4v) is 1.77. The third kappa shape index (κ3) is 3.64. The molecule has 82 valence electrons. The van der Waals surface area contributed by atoms with E-state index in [4.69, 9.17) is 0 Å². The number of nitrogens with one attached hydrogen (secondary N) is 2. The van der Waals surface area contributed by atoms with Gasteiger partial charge in [-0.15, -0.1) is 0 Å². The molecule has 0 aromatic carbocycles. The highest BCUT2D eigenvalue weighted by atomic mass is 16.1. The van der Waals surface area contributed by atoms with E-state index in [0.29, 0.717) is 12.6 Å². The molecule has 0 aromatic heterocycles. The summed E-state index contributed by atoms with van der Waals surface area (Å²) in [6.45, 7) is 5.23. The number of likely N-dealkylation sites (tertiary alicyclic amines) is 1. The molecule has 1 saturated heterocycles. The van der Waals surface area contributed by atoms with Crippen molar-refractivity contribution < 1.29 is 4.79 Å². The fourth-order valence-electron chi connectivity index (χ4n) is 1.77. The van der Waals surface area contributed by atoms with Crippen molar-refractivity contribution in [2.24, 2.45) is 0 Å². The Morgan fingerprint density at radius 3 is 2.93 bits per heavy atom. The number of carbonyl (C=O) groups excluding carboxylic acids is 1. The minimum Gasteiger partial charge on any atom is -0.353 e. The van der Waals surface area contributed by atoms with Crippen LogP contribution in [0.4, 0.5) is 0 Å². The maximum atomic E-state index is 11.3. The largest absolute Gasteiger partial charge is 0.353 e. The van der Waals surface area contributed by atoms with E-state index in [0.717, 1.165) is 19.6 Å². The van der Waals surface area contributed by atoms with E-state index in [1.807, 2.05) is 6.92 Å². The first-order valence-electron chi connectivity index (χ1n) is 5.41. The van der Waals surface area contributed by atoms with Gasteiger partial charge in [0.15, 0.2) is 0 Å². The van der Waals surface area contributed by atoms with E-state index >= 15 is 0 Å². The molecule has 1 unspecified atom stereocenters. The van der Waals surface area contributed by atoms with Crippen molar-refractivity contribution in [1.29, 1.82) is 0 Å². The van der Waals surface area contributed by atoms with Crippen LogP contribution in [-0.4, -0.2) is 50.1 Å². The van der Waals surface area contributed by atoms with E-state index < -0.39 is 0 Å². The normalized spacial score (nSPS) is 22.6. The molecule has 1 heterocycles. The number of likely N-dealkylation sites (N-methyl/N-ethyl adjacent to an activating group) is 2. The summed E-state index contributed by atoms with van der Waals surface area (Å²) in [7, 11) is 2.12. The standard InChI is InChI=1S/C10H21N3O/c1-3-11-8-10(14)12-7-9-5-4-6-13(9)2/h9,11H,3-8H2,1-2H3,(H,12,14). The number of hydrogen-bond donors (Lipinski definition) is 2. The first kappa shape index (κ1) is 11.5. The molecule has 0 aromatic rings. The van der Waals surface area contributed by atoms with Crippen LogP contribution in [0, 0.1) is 0 Å². The number of amides is 1. The van der Waals surface area contributed by atoms with Crippen LogP contribution >= 0.6 is 0 Å². The minimum atomic E-state index is 0.104. The van der Waals surface area contributed by atoms with Gasteiger partial charge in [-0.2, -0.15) is 0 Å². The lowest BCUT2D eigenvalue weighted by Gasteiger charge is -2.19. The van der Waals surface area contributed by atoms with Crippen LogP contribution < -0.4 is 10.6 Å². The van der Waals surface area contributed by atoms with Crippen molar-refractivity contribution in [1.82, 2.24) is 15.5 Å². The lowest BCUT2D eigenvalue weighted by Crippen LogP contribution is -2.41. The van der Waals surface area contributed by atoms with Gasteiger partial charge in [0.25, 0.3) is 0 Å². The van der Waals surface area contributed by atoms with Crippen LogP contribution in [0.15, 0.2) is 0 Å². The maximum absolute atomic E-state index is 11.3. The second-order valence-electron chi connectivity index (χ2n) is 3.86. The van der Waals surface area contributed by atoms with Gasteiger partial charge in [-0.1, -0.05) is 6.92 Å². The summed E-state index contributed by atoms with van der Waals surface area (Å²) >= 11 is 0. The average Bonchev–Trinajstić information content (AvgIpc) is 2.58. The van der Waals surface area contributed by atoms with E-state index in [1.165, 1.54) is 12.8 Å². The average molecular weight is 199 g/mol. The maximum Gasteiger partial charge on any atom is 0.234 e. The Kier molecular flexibility index (Phi) is 4.90. The van der Waals surface area contributed by atoms with Gasteiger partial charge in [0.05, 0.1) is 6.54 Å². The van der Waals surface area contributed by atoms with Crippen LogP contribution in [0.2, 0.25) is 0 Å². The molecule has 14 heavy (non-hydrogen) atoms. The van der Waals surface area contributed by atoms with Gasteiger partial charge >= 0.3 is 0 Å². The van der Waals surface area contributed by atoms with Crippen LogP contribution in [0.1, 0.15) is 19.8 Å². The molecule has 1 aliphatic rings. The van der Waals surface area contributed by atoms with Gasteiger partial charge in [0.1, 0.15) is 0 Å². The summed E-state index contributed by atoms with van der Waals surface area (Å²) in [4.78, 5) is 13.6. The van der Waals surface area contributed by atoms with Crippen molar-refractivity contribution in [2.75, 3.05) is 33.2 Å². The first-order valence-corrected chi connectivity index (χ1v) is 5.41. The Bertz CT molecular complexity index is 184. The van der Waals surface area contributed by atoms with Crippen LogP contribution in [0.3, 0.4) is 0 Å². The van der Waals surface area contributed by atoms with Crippen LogP contribution in [-0.2, 0) is 4.79 Å². The molecule has 0 saturated carbocycles. The van der Waals surface area contributed by atoms with Crippen molar-refractivity contribution in [3.05, 3.63) is 0 Å². The molecule has 4 nitrogen and oxygen atoms in total. The van der Waals surface area contributed by atoms with Crippen molar-refractivity contribution >= 4 is 5.91 Å². The predicted octanol–water partition coefficient (Wildman–Crippen LogP) is -0.194. The molecule has 2 N–H and O–H groups in total. The highest BCUT2D eigenvalue weighted by molar-refractivity contribution is 5.77. The van der Waals surface area contributed by atoms with Crippen LogP contribution in [0.5, 0.6) is 0 Å². The monoisotopic (exact) mass is 199 g/mol. The summed E-state index contributed by atoms with van der Waals surface area (Å²) in [6, 6.07) is 0.542. The van der Waals surface area contributed by atoms with Crippen LogP contribution in [0.25, 0.3) is 0 Å². The molecule has 0 bridgehead atoms. The van der Waals surface area contributed by atoms with E-state index in [9.17, 15) is 4.79 Å². The van der Waals surface area contributed by atoms with Gasteiger partial charge in [-0.25, -0.2) is 0 Å². The topological polar surface area (TPSA) is 44.4 Å². The molecule has 1 aliphatic heterocycles. The van der Waals surface area contributed by atoms with Crippen molar-refractivity contribution in [3.63, 3.8) is 0 Å². The first-order chi connectivity index (χ1) is 6.74. The Balaban J connectivity index is 2.10. The van der Waals surface area contributed by atoms with E-state index in [1.54, 1.807) is 0 Å². The van der Waals surface area contributed by atoms with E-state index in [-0.39, 0.29) is 5.91 Å². The molecule has 1 fully saturated rings. The highest BCUT2D eigenvalue weighted by Crippen LogP contribution is 2.13. The summed E-state index contributed by atoms with van der Waals surface area (Å²) in [5, 5.41) is 5.96. The zero-order valence-electron chi connectivity index (χ0n) is 9.18. The predicted molar refractivity (Wildman–Crippen MR) is 57.2 cm³/mol. The lowest BCUT2D eigenvalue weighted by molar-refractivity contribution is -0.120. The fraction of sp³-hybridized carbons (Fsp3) is 0.900. The lowest BCUT2D eigenvalue weighted by atomic mass is 10.2. The molecule has 0 radical (unpaired) electrons. The zero-order chi connectivity index (χ0) is 10.4. The van der Waals surface area contributed by atoms with Gasteiger partial charge in [-0.3, -0.25) is 4.79 Å². The Morgan fingerprint density at radius 2 is 2.36 bits per heavy atom. The van der Waals surface area contributed by atoms with E-state index in [2.05, 4.69) is 22.6 Å². The number of nitrogens with zero attached hydrogens (tertiary/aromatic N) is 1. The SMILES string of the molecule is CCNCC(=O)NCC1CCCN1C. The smallest absolute Gasteiger partial charge is 0.234 e. The molecule has 1 rings (SSSR count). The van der Waals surface area contributed by atoms with Gasteiger partial charge < -0.3 is 15.5 Å². The molecule has 0 aliphatic carbocycles. The molecule has 0 spiro atoms. The summed E-state index contributed by atoms with van der Waals surface area (Å²) in [5.41, 5.74) is 0. The van der Waals surface area contributed by atoms with Gasteiger partial charge in [0, 0.05) is 12.6 Å². The van der Waals surface area contributed by atoms with Gasteiger partial charge in [0.2, 0.25) is 5.91 Å². The molecular weight excluding hydrogens is 178 g/mol. The second kappa shape index (κ2) is 5.98. The Morgan fingerprint density at radius 1 is 1.57 bits per heavy atom.